The van der Waals surface area contributed by atoms with Gasteiger partial charge in [-0.3, -0.25) is 14.4 Å². The van der Waals surface area contributed by atoms with Crippen LogP contribution in [-0.4, -0.2) is 37.2 Å². The zero-order chi connectivity index (χ0) is 43.7. The van der Waals surface area contributed by atoms with Crippen LogP contribution in [0.1, 0.15) is 284 Å². The Bertz CT molecular complexity index is 973. The van der Waals surface area contributed by atoms with Crippen molar-refractivity contribution in [2.45, 2.75) is 290 Å². The smallest absolute Gasteiger partial charge is 0.306 e. The molecule has 0 aliphatic rings. The second-order valence-electron chi connectivity index (χ2n) is 17.8. The minimum Gasteiger partial charge on any atom is -0.462 e. The minimum atomic E-state index is -0.763. The van der Waals surface area contributed by atoms with Crippen LogP contribution < -0.4 is 0 Å². The van der Waals surface area contributed by atoms with Gasteiger partial charge in [0.15, 0.2) is 6.10 Å². The molecule has 352 valence electrons. The first-order chi connectivity index (χ1) is 29.5. The molecule has 0 aromatic carbocycles. The van der Waals surface area contributed by atoms with Gasteiger partial charge in [0.25, 0.3) is 0 Å². The summed E-state index contributed by atoms with van der Waals surface area (Å²) in [7, 11) is 0. The van der Waals surface area contributed by atoms with Crippen molar-refractivity contribution >= 4 is 17.9 Å². The third kappa shape index (κ3) is 46.9. The van der Waals surface area contributed by atoms with E-state index in [0.29, 0.717) is 19.3 Å². The van der Waals surface area contributed by atoms with Crippen LogP contribution in [-0.2, 0) is 28.6 Å². The Morgan fingerprint density at radius 3 is 0.917 bits per heavy atom. The van der Waals surface area contributed by atoms with Crippen molar-refractivity contribution in [3.05, 3.63) is 24.3 Å². The van der Waals surface area contributed by atoms with Crippen LogP contribution in [0.2, 0.25) is 0 Å². The van der Waals surface area contributed by atoms with E-state index in [1.165, 1.54) is 180 Å². The highest BCUT2D eigenvalue weighted by Crippen LogP contribution is 2.16. The van der Waals surface area contributed by atoms with Gasteiger partial charge in [0.05, 0.1) is 0 Å². The Balaban J connectivity index is 4.15. The highest BCUT2D eigenvalue weighted by molar-refractivity contribution is 5.71. The molecule has 0 heterocycles. The molecule has 0 fully saturated rings. The van der Waals surface area contributed by atoms with Crippen LogP contribution in [0.4, 0.5) is 0 Å². The maximum atomic E-state index is 12.7. The van der Waals surface area contributed by atoms with Crippen molar-refractivity contribution in [1.82, 2.24) is 0 Å². The molecule has 0 saturated carbocycles. The summed E-state index contributed by atoms with van der Waals surface area (Å²) in [5.41, 5.74) is 0. The number of hydrogen-bond donors (Lipinski definition) is 0. The van der Waals surface area contributed by atoms with Gasteiger partial charge in [-0.2, -0.15) is 0 Å². The van der Waals surface area contributed by atoms with Crippen LogP contribution in [0.3, 0.4) is 0 Å². The topological polar surface area (TPSA) is 78.9 Å². The van der Waals surface area contributed by atoms with Crippen molar-refractivity contribution in [2.75, 3.05) is 13.2 Å². The fourth-order valence-corrected chi connectivity index (χ4v) is 7.71. The van der Waals surface area contributed by atoms with Crippen LogP contribution in [0.5, 0.6) is 0 Å². The van der Waals surface area contributed by atoms with Gasteiger partial charge in [0.2, 0.25) is 0 Å². The third-order valence-corrected chi connectivity index (χ3v) is 11.7. The summed E-state index contributed by atoms with van der Waals surface area (Å²) in [5, 5.41) is 0. The average Bonchev–Trinajstić information content (AvgIpc) is 3.24. The first-order valence-corrected chi connectivity index (χ1v) is 26.3. The molecule has 0 N–H and O–H groups in total. The van der Waals surface area contributed by atoms with Crippen molar-refractivity contribution < 1.29 is 28.6 Å². The predicted molar refractivity (Wildman–Crippen MR) is 256 cm³/mol. The largest absolute Gasteiger partial charge is 0.462 e. The molecule has 0 aliphatic carbocycles. The minimum absolute atomic E-state index is 0.0674. The molecular formula is C54H100O6. The quantitative estimate of drug-likeness (QED) is 0.0263. The number of carbonyl (C=O) groups is 3. The summed E-state index contributed by atoms with van der Waals surface area (Å²) in [6.45, 7) is 6.62. The maximum absolute atomic E-state index is 12.7. The van der Waals surface area contributed by atoms with E-state index in [2.05, 4.69) is 45.1 Å². The lowest BCUT2D eigenvalue weighted by atomic mass is 10.0. The number of esters is 3. The standard InChI is InChI=1S/C54H100O6/c1-4-7-10-13-16-19-21-22-23-24-25-26-27-28-29-30-31-32-33-36-38-41-44-47-53(56)59-50-51(49-58-52(55)46-43-40-37-34-18-15-12-9-6-3)60-54(57)48-45-42-39-35-20-17-14-11-8-5-2/h21-22,24-25,51H,4-20,23,26-50H2,1-3H3/b22-21-,25-24-. The molecular weight excluding hydrogens is 745 g/mol. The molecule has 1 atom stereocenters. The number of hydrogen-bond acceptors (Lipinski definition) is 6. The summed E-state index contributed by atoms with van der Waals surface area (Å²) in [6, 6.07) is 0. The molecule has 60 heavy (non-hydrogen) atoms. The van der Waals surface area contributed by atoms with Crippen molar-refractivity contribution in [3.63, 3.8) is 0 Å². The van der Waals surface area contributed by atoms with Crippen LogP contribution in [0.15, 0.2) is 24.3 Å². The van der Waals surface area contributed by atoms with E-state index in [-0.39, 0.29) is 31.1 Å². The molecule has 0 saturated heterocycles. The first kappa shape index (κ1) is 57.9. The molecule has 6 heteroatoms. The van der Waals surface area contributed by atoms with Gasteiger partial charge in [-0.05, 0) is 51.4 Å². The molecule has 0 spiro atoms. The van der Waals surface area contributed by atoms with Gasteiger partial charge in [0, 0.05) is 19.3 Å². The van der Waals surface area contributed by atoms with Crippen molar-refractivity contribution in [2.24, 2.45) is 0 Å². The second kappa shape index (κ2) is 49.5. The van der Waals surface area contributed by atoms with Gasteiger partial charge in [-0.15, -0.1) is 0 Å². The van der Waals surface area contributed by atoms with Gasteiger partial charge >= 0.3 is 17.9 Å². The van der Waals surface area contributed by atoms with E-state index in [4.69, 9.17) is 14.2 Å². The molecule has 0 amide bonds. The van der Waals surface area contributed by atoms with Crippen LogP contribution in [0, 0.1) is 0 Å². The fourth-order valence-electron chi connectivity index (χ4n) is 7.71. The Labute approximate surface area is 373 Å². The summed E-state index contributed by atoms with van der Waals surface area (Å²) in [4.78, 5) is 37.8. The lowest BCUT2D eigenvalue weighted by Gasteiger charge is -2.18. The maximum Gasteiger partial charge on any atom is 0.306 e. The number of carbonyl (C=O) groups excluding carboxylic acids is 3. The van der Waals surface area contributed by atoms with Gasteiger partial charge in [-0.25, -0.2) is 0 Å². The highest BCUT2D eigenvalue weighted by atomic mass is 16.6. The summed E-state index contributed by atoms with van der Waals surface area (Å²) in [6.07, 6.45) is 56.0. The molecule has 0 radical (unpaired) electrons. The normalized spacial score (nSPS) is 12.1. The predicted octanol–water partition coefficient (Wildman–Crippen LogP) is 17.2. The van der Waals surface area contributed by atoms with E-state index in [1.54, 1.807) is 0 Å². The molecule has 0 aromatic rings. The third-order valence-electron chi connectivity index (χ3n) is 11.7. The van der Waals surface area contributed by atoms with Crippen LogP contribution >= 0.6 is 0 Å². The summed E-state index contributed by atoms with van der Waals surface area (Å²) < 4.78 is 16.7. The Morgan fingerprint density at radius 1 is 0.333 bits per heavy atom. The Hall–Kier alpha value is -2.11. The molecule has 1 unspecified atom stereocenters. The number of ether oxygens (including phenoxy) is 3. The molecule has 0 aromatic heterocycles. The molecule has 0 aliphatic heterocycles. The monoisotopic (exact) mass is 845 g/mol. The van der Waals surface area contributed by atoms with E-state index in [1.807, 2.05) is 0 Å². The molecule has 0 rings (SSSR count). The van der Waals surface area contributed by atoms with Crippen molar-refractivity contribution in [1.29, 1.82) is 0 Å². The Morgan fingerprint density at radius 2 is 0.600 bits per heavy atom. The van der Waals surface area contributed by atoms with Crippen LogP contribution in [0.25, 0.3) is 0 Å². The summed E-state index contributed by atoms with van der Waals surface area (Å²) in [5.74, 6) is -0.862. The number of rotatable bonds is 48. The van der Waals surface area contributed by atoms with E-state index < -0.39 is 6.10 Å². The zero-order valence-corrected chi connectivity index (χ0v) is 40.2. The van der Waals surface area contributed by atoms with E-state index >= 15 is 0 Å². The number of unbranched alkanes of at least 4 members (excludes halogenated alkanes) is 33. The van der Waals surface area contributed by atoms with Crippen molar-refractivity contribution in [3.8, 4) is 0 Å². The SMILES string of the molecule is CCCCCCC/C=C\C/C=C\CCCCCCCCCCCCCC(=O)OCC(COC(=O)CCCCCCCCCCC)OC(=O)CCCCCCCCCCCC. The van der Waals surface area contributed by atoms with Gasteiger partial charge in [-0.1, -0.05) is 238 Å². The zero-order valence-electron chi connectivity index (χ0n) is 40.2. The lowest BCUT2D eigenvalue weighted by Crippen LogP contribution is -2.30. The molecule has 6 nitrogen and oxygen atoms in total. The van der Waals surface area contributed by atoms with Gasteiger partial charge < -0.3 is 14.2 Å². The Kier molecular flexibility index (Phi) is 47.8. The van der Waals surface area contributed by atoms with E-state index in [9.17, 15) is 14.4 Å². The average molecular weight is 845 g/mol. The second-order valence-corrected chi connectivity index (χ2v) is 17.8. The van der Waals surface area contributed by atoms with E-state index in [0.717, 1.165) is 64.2 Å². The summed E-state index contributed by atoms with van der Waals surface area (Å²) >= 11 is 0. The molecule has 0 bridgehead atoms. The number of allylic oxidation sites excluding steroid dienone is 4. The highest BCUT2D eigenvalue weighted by Gasteiger charge is 2.19. The first-order valence-electron chi connectivity index (χ1n) is 26.3. The van der Waals surface area contributed by atoms with Gasteiger partial charge in [0.1, 0.15) is 13.2 Å². The lowest BCUT2D eigenvalue weighted by molar-refractivity contribution is -0.167. The fraction of sp³-hybridized carbons (Fsp3) is 0.870.